The summed E-state index contributed by atoms with van der Waals surface area (Å²) >= 11 is 0. The van der Waals surface area contributed by atoms with Gasteiger partial charge in [-0.05, 0) is 24.3 Å². The minimum absolute atomic E-state index is 0.0155. The van der Waals surface area contributed by atoms with Crippen LogP contribution >= 0.6 is 0 Å². The molecule has 1 aromatic heterocycles. The maximum atomic E-state index is 12.6. The number of halogens is 2. The number of nitrogens with zero attached hydrogens (tertiary/aromatic N) is 3. The number of para-hydroxylation sites is 3. The van der Waals surface area contributed by atoms with Crippen molar-refractivity contribution in [2.24, 2.45) is 0 Å². The molecule has 34 heavy (non-hydrogen) atoms. The number of aromatic nitrogens is 3. The van der Waals surface area contributed by atoms with Gasteiger partial charge in [0, 0.05) is 5.56 Å². The Morgan fingerprint density at radius 3 is 2.26 bits per heavy atom. The zero-order valence-electron chi connectivity index (χ0n) is 17.6. The number of amides is 1. The largest absolute Gasteiger partial charge is 0.450 e. The van der Waals surface area contributed by atoms with E-state index in [1.54, 1.807) is 0 Å². The number of ether oxygens (including phenoxy) is 2. The Morgan fingerprint density at radius 2 is 1.56 bits per heavy atom. The first kappa shape index (κ1) is 22.6. The van der Waals surface area contributed by atoms with Crippen LogP contribution < -0.4 is 10.1 Å². The smallest absolute Gasteiger partial charge is 0.387 e. The van der Waals surface area contributed by atoms with Crippen molar-refractivity contribution in [2.75, 3.05) is 11.9 Å². The average molecular weight is 464 g/mol. The molecule has 0 radical (unpaired) electrons. The number of carbonyl (C=O) groups is 2. The van der Waals surface area contributed by atoms with Crippen molar-refractivity contribution >= 4 is 17.6 Å². The molecular formula is C24H18F2N4O4. The normalized spacial score (nSPS) is 10.7. The molecule has 1 heterocycles. The molecule has 0 atom stereocenters. The third-order valence-corrected chi connectivity index (χ3v) is 4.53. The van der Waals surface area contributed by atoms with Gasteiger partial charge in [-0.25, -0.2) is 14.5 Å². The minimum atomic E-state index is -3.06. The molecule has 1 N–H and O–H groups in total. The summed E-state index contributed by atoms with van der Waals surface area (Å²) in [5.74, 6) is -1.70. The summed E-state index contributed by atoms with van der Waals surface area (Å²) < 4.78 is 36.0. The van der Waals surface area contributed by atoms with Gasteiger partial charge < -0.3 is 14.8 Å². The van der Waals surface area contributed by atoms with E-state index in [0.29, 0.717) is 11.5 Å². The predicted octanol–water partition coefficient (Wildman–Crippen LogP) is 4.33. The quantitative estimate of drug-likeness (QED) is 0.390. The number of anilines is 1. The molecule has 0 fully saturated rings. The molecule has 0 saturated carbocycles. The van der Waals surface area contributed by atoms with Crippen LogP contribution in [0.3, 0.4) is 0 Å². The molecule has 0 spiro atoms. The third kappa shape index (κ3) is 5.41. The molecule has 0 unspecified atom stereocenters. The highest BCUT2D eigenvalue weighted by molar-refractivity contribution is 5.95. The van der Waals surface area contributed by atoms with Crippen LogP contribution in [0.25, 0.3) is 17.1 Å². The van der Waals surface area contributed by atoms with Crippen molar-refractivity contribution in [1.82, 2.24) is 14.8 Å². The highest BCUT2D eigenvalue weighted by atomic mass is 19.3. The van der Waals surface area contributed by atoms with E-state index in [0.717, 1.165) is 5.56 Å². The van der Waals surface area contributed by atoms with Crippen LogP contribution in [0.15, 0.2) is 84.9 Å². The summed E-state index contributed by atoms with van der Waals surface area (Å²) in [5, 5.41) is 6.63. The number of hydrogen-bond donors (Lipinski definition) is 1. The lowest BCUT2D eigenvalue weighted by Crippen LogP contribution is -2.22. The molecular weight excluding hydrogens is 446 g/mol. The lowest BCUT2D eigenvalue weighted by molar-refractivity contribution is -0.119. The van der Waals surface area contributed by atoms with Crippen LogP contribution in [0.2, 0.25) is 0 Å². The fourth-order valence-corrected chi connectivity index (χ4v) is 3.07. The Kier molecular flexibility index (Phi) is 6.87. The summed E-state index contributed by atoms with van der Waals surface area (Å²) in [5.41, 5.74) is 1.43. The Bertz CT molecular complexity index is 1220. The number of alkyl halides is 2. The van der Waals surface area contributed by atoms with Crippen molar-refractivity contribution < 1.29 is 27.8 Å². The highest BCUT2D eigenvalue weighted by Gasteiger charge is 2.21. The van der Waals surface area contributed by atoms with E-state index in [1.807, 2.05) is 60.7 Å². The first-order chi connectivity index (χ1) is 16.5. The maximum absolute atomic E-state index is 12.6. The van der Waals surface area contributed by atoms with Gasteiger partial charge in [-0.3, -0.25) is 4.79 Å². The SMILES string of the molecule is O=C(COC(=O)c1nc(-c2ccccc2)n(-c2ccccc2)n1)Nc1ccccc1OC(F)F. The van der Waals surface area contributed by atoms with Gasteiger partial charge in [0.1, 0.15) is 5.75 Å². The molecule has 0 saturated heterocycles. The first-order valence-electron chi connectivity index (χ1n) is 10.1. The molecule has 10 heteroatoms. The number of carbonyl (C=O) groups excluding carboxylic acids is 2. The average Bonchev–Trinajstić information content (AvgIpc) is 3.30. The Balaban J connectivity index is 1.49. The van der Waals surface area contributed by atoms with Crippen molar-refractivity contribution in [1.29, 1.82) is 0 Å². The van der Waals surface area contributed by atoms with Gasteiger partial charge in [-0.2, -0.15) is 8.78 Å². The number of esters is 1. The monoisotopic (exact) mass is 464 g/mol. The Labute approximate surface area is 192 Å². The van der Waals surface area contributed by atoms with Gasteiger partial charge in [-0.1, -0.05) is 60.7 Å². The molecule has 0 aliphatic rings. The van der Waals surface area contributed by atoms with Crippen molar-refractivity contribution in [2.45, 2.75) is 6.61 Å². The summed E-state index contributed by atoms with van der Waals surface area (Å²) in [6.07, 6.45) is 0. The van der Waals surface area contributed by atoms with E-state index in [2.05, 4.69) is 20.1 Å². The summed E-state index contributed by atoms with van der Waals surface area (Å²) in [6, 6.07) is 23.9. The van der Waals surface area contributed by atoms with Gasteiger partial charge in [0.2, 0.25) is 0 Å². The zero-order valence-corrected chi connectivity index (χ0v) is 17.6. The number of hydrogen-bond acceptors (Lipinski definition) is 6. The molecule has 3 aromatic carbocycles. The molecule has 172 valence electrons. The zero-order chi connectivity index (χ0) is 23.9. The van der Waals surface area contributed by atoms with E-state index in [4.69, 9.17) is 4.74 Å². The van der Waals surface area contributed by atoms with Crippen LogP contribution in [-0.2, 0) is 9.53 Å². The first-order valence-corrected chi connectivity index (χ1v) is 10.1. The molecule has 4 aromatic rings. The van der Waals surface area contributed by atoms with Gasteiger partial charge in [0.25, 0.3) is 11.7 Å². The third-order valence-electron chi connectivity index (χ3n) is 4.53. The van der Waals surface area contributed by atoms with E-state index >= 15 is 0 Å². The van der Waals surface area contributed by atoms with Crippen LogP contribution in [0, 0.1) is 0 Å². The molecule has 8 nitrogen and oxygen atoms in total. The lowest BCUT2D eigenvalue weighted by atomic mass is 10.2. The van der Waals surface area contributed by atoms with Crippen LogP contribution in [0.5, 0.6) is 5.75 Å². The number of rotatable bonds is 8. The Morgan fingerprint density at radius 1 is 0.912 bits per heavy atom. The van der Waals surface area contributed by atoms with Gasteiger partial charge in [0.15, 0.2) is 12.4 Å². The van der Waals surface area contributed by atoms with E-state index < -0.39 is 25.1 Å². The van der Waals surface area contributed by atoms with Crippen LogP contribution in [-0.4, -0.2) is 39.9 Å². The highest BCUT2D eigenvalue weighted by Crippen LogP contribution is 2.25. The fourth-order valence-electron chi connectivity index (χ4n) is 3.07. The summed E-state index contributed by atoms with van der Waals surface area (Å²) in [6.45, 7) is -3.73. The van der Waals surface area contributed by atoms with Gasteiger partial charge in [-0.15, -0.1) is 5.10 Å². The van der Waals surface area contributed by atoms with Crippen molar-refractivity contribution in [3.05, 3.63) is 90.8 Å². The fraction of sp³-hybridized carbons (Fsp3) is 0.0833. The molecule has 0 bridgehead atoms. The van der Waals surface area contributed by atoms with E-state index in [1.165, 1.54) is 28.9 Å². The van der Waals surface area contributed by atoms with Crippen molar-refractivity contribution in [3.63, 3.8) is 0 Å². The Hall–Kier alpha value is -4.60. The van der Waals surface area contributed by atoms with Crippen LogP contribution in [0.4, 0.5) is 14.5 Å². The standard InChI is InChI=1S/C24H18F2N4O4/c25-24(26)34-19-14-8-7-13-18(19)27-20(31)15-33-23(32)21-28-22(16-9-3-1-4-10-16)30(29-21)17-11-5-2-6-12-17/h1-14,24H,15H2,(H,27,31). The minimum Gasteiger partial charge on any atom is -0.450 e. The molecule has 0 aliphatic heterocycles. The predicted molar refractivity (Wildman–Crippen MR) is 119 cm³/mol. The van der Waals surface area contributed by atoms with E-state index in [9.17, 15) is 18.4 Å². The molecule has 4 rings (SSSR count). The summed E-state index contributed by atoms with van der Waals surface area (Å²) in [7, 11) is 0. The topological polar surface area (TPSA) is 95.3 Å². The molecule has 1 amide bonds. The number of nitrogens with one attached hydrogen (secondary N) is 1. The van der Waals surface area contributed by atoms with Gasteiger partial charge >= 0.3 is 12.6 Å². The number of benzene rings is 3. The maximum Gasteiger partial charge on any atom is 0.387 e. The summed E-state index contributed by atoms with van der Waals surface area (Å²) in [4.78, 5) is 29.1. The van der Waals surface area contributed by atoms with Gasteiger partial charge in [0.05, 0.1) is 11.4 Å². The second kappa shape index (κ2) is 10.3. The lowest BCUT2D eigenvalue weighted by Gasteiger charge is -2.11. The van der Waals surface area contributed by atoms with E-state index in [-0.39, 0.29) is 17.3 Å². The molecule has 0 aliphatic carbocycles. The van der Waals surface area contributed by atoms with Crippen molar-refractivity contribution in [3.8, 4) is 22.8 Å². The van der Waals surface area contributed by atoms with Crippen LogP contribution in [0.1, 0.15) is 10.6 Å². The second-order valence-electron chi connectivity index (χ2n) is 6.87. The second-order valence-corrected chi connectivity index (χ2v) is 6.87.